The molecule has 1 spiro atoms. The molecular weight excluding hydrogens is 426 g/mol. The number of aliphatic imine (C=N–C) groups is 1. The number of carbonyl (C=O) groups excluding carboxylic acids is 1. The lowest BCUT2D eigenvalue weighted by Crippen LogP contribution is -2.61. The summed E-state index contributed by atoms with van der Waals surface area (Å²) in [7, 11) is 2.80. The van der Waals surface area contributed by atoms with Gasteiger partial charge < -0.3 is 14.6 Å². The standard InChI is InChI=1S/C24H33N3O6/c1-14-5-6-19-23(11-14)7-8-25-13-16-9-17(10-18(33-19)20(16)23)26(22(29)30)24(31-3)12-15(2)27(32-4)21(24)28/h8,13-15,17,19H,5-7,9-12H2,1-4H3,(H,29,30)/t14?,15?,17-,19-,23?,24?/m1/s1. The molecule has 2 amide bonds. The van der Waals surface area contributed by atoms with E-state index in [1.807, 2.05) is 19.3 Å². The normalized spacial score (nSPS) is 39.6. The van der Waals surface area contributed by atoms with Crippen molar-refractivity contribution in [1.82, 2.24) is 9.96 Å². The highest BCUT2D eigenvalue weighted by Crippen LogP contribution is 2.60. The monoisotopic (exact) mass is 459 g/mol. The largest absolute Gasteiger partial charge is 0.493 e. The second-order valence-electron chi connectivity index (χ2n) is 10.2. The zero-order valence-corrected chi connectivity index (χ0v) is 19.7. The van der Waals surface area contributed by atoms with E-state index in [-0.39, 0.29) is 24.0 Å². The highest BCUT2D eigenvalue weighted by Gasteiger charge is 2.61. The molecule has 5 aliphatic rings. The van der Waals surface area contributed by atoms with E-state index in [2.05, 4.69) is 11.9 Å². The third-order valence-electron chi connectivity index (χ3n) is 8.30. The minimum absolute atomic E-state index is 0.0820. The first-order valence-corrected chi connectivity index (χ1v) is 11.8. The number of hydroxylamine groups is 2. The SMILES string of the molecule is CON1C(=O)C(OC)(N(C(=O)O)[C@@H]2CC3=CN=CCC45CC(C)CC[C@H]4OC(=C35)C2)CC1C. The van der Waals surface area contributed by atoms with Crippen LogP contribution in [0.3, 0.4) is 0 Å². The Kier molecular flexibility index (Phi) is 5.32. The first-order chi connectivity index (χ1) is 15.8. The van der Waals surface area contributed by atoms with Gasteiger partial charge in [-0.15, -0.1) is 0 Å². The summed E-state index contributed by atoms with van der Waals surface area (Å²) in [5, 5.41) is 11.5. The summed E-state index contributed by atoms with van der Waals surface area (Å²) in [4.78, 5) is 37.0. The van der Waals surface area contributed by atoms with Crippen molar-refractivity contribution >= 4 is 18.2 Å². The lowest BCUT2D eigenvalue weighted by atomic mass is 9.61. The number of amides is 2. The van der Waals surface area contributed by atoms with Gasteiger partial charge >= 0.3 is 6.09 Å². The lowest BCUT2D eigenvalue weighted by molar-refractivity contribution is -0.198. The van der Waals surface area contributed by atoms with E-state index in [0.29, 0.717) is 18.8 Å². The quantitative estimate of drug-likeness (QED) is 0.646. The van der Waals surface area contributed by atoms with Crippen LogP contribution in [0.25, 0.3) is 0 Å². The number of ether oxygens (including phenoxy) is 2. The molecule has 2 fully saturated rings. The molecule has 9 heteroatoms. The van der Waals surface area contributed by atoms with E-state index in [1.54, 1.807) is 0 Å². The number of nitrogens with zero attached hydrogens (tertiary/aromatic N) is 3. The predicted octanol–water partition coefficient (Wildman–Crippen LogP) is 3.47. The topological polar surface area (TPSA) is 101 Å². The highest BCUT2D eigenvalue weighted by molar-refractivity contribution is 5.90. The minimum Gasteiger partial charge on any atom is -0.493 e. The minimum atomic E-state index is -1.64. The molecule has 33 heavy (non-hydrogen) atoms. The molecule has 0 aromatic carbocycles. The van der Waals surface area contributed by atoms with E-state index < -0.39 is 23.8 Å². The van der Waals surface area contributed by atoms with Crippen LogP contribution >= 0.6 is 0 Å². The summed E-state index contributed by atoms with van der Waals surface area (Å²) in [6.45, 7) is 4.12. The van der Waals surface area contributed by atoms with Crippen molar-refractivity contribution in [3.8, 4) is 0 Å². The third-order valence-corrected chi connectivity index (χ3v) is 8.30. The summed E-state index contributed by atoms with van der Waals surface area (Å²) in [6.07, 6.45) is 7.83. The van der Waals surface area contributed by atoms with Crippen molar-refractivity contribution in [3.63, 3.8) is 0 Å². The van der Waals surface area contributed by atoms with E-state index in [1.165, 1.54) is 29.8 Å². The average Bonchev–Trinajstić information content (AvgIpc) is 3.13. The van der Waals surface area contributed by atoms with Crippen LogP contribution in [0, 0.1) is 11.3 Å². The molecule has 1 saturated carbocycles. The fraction of sp³-hybridized carbons (Fsp3) is 0.708. The van der Waals surface area contributed by atoms with Crippen LogP contribution in [0.4, 0.5) is 4.79 Å². The van der Waals surface area contributed by atoms with Gasteiger partial charge in [0.15, 0.2) is 0 Å². The van der Waals surface area contributed by atoms with Gasteiger partial charge in [-0.3, -0.25) is 19.5 Å². The molecule has 9 nitrogen and oxygen atoms in total. The molecule has 1 N–H and O–H groups in total. The first kappa shape index (κ1) is 22.4. The van der Waals surface area contributed by atoms with E-state index >= 15 is 0 Å². The Morgan fingerprint density at radius 1 is 1.27 bits per heavy atom. The molecular formula is C24H33N3O6. The van der Waals surface area contributed by atoms with Crippen LogP contribution in [-0.4, -0.2) is 71.4 Å². The zero-order chi connectivity index (χ0) is 23.5. The van der Waals surface area contributed by atoms with Gasteiger partial charge in [0.1, 0.15) is 11.9 Å². The summed E-state index contributed by atoms with van der Waals surface area (Å²) in [5.74, 6) is 0.968. The van der Waals surface area contributed by atoms with Crippen molar-refractivity contribution in [2.45, 2.75) is 82.7 Å². The van der Waals surface area contributed by atoms with E-state index in [9.17, 15) is 14.7 Å². The Labute approximate surface area is 194 Å². The smallest absolute Gasteiger partial charge is 0.410 e. The number of rotatable bonds is 4. The fourth-order valence-electron chi connectivity index (χ4n) is 7.06. The molecule has 0 aromatic heterocycles. The van der Waals surface area contributed by atoms with Crippen LogP contribution in [0.15, 0.2) is 28.1 Å². The van der Waals surface area contributed by atoms with Crippen LogP contribution in [-0.2, 0) is 19.1 Å². The van der Waals surface area contributed by atoms with Crippen LogP contribution in [0.1, 0.15) is 58.8 Å². The van der Waals surface area contributed by atoms with Crippen LogP contribution in [0.5, 0.6) is 0 Å². The van der Waals surface area contributed by atoms with Crippen molar-refractivity contribution in [2.24, 2.45) is 16.3 Å². The molecule has 180 valence electrons. The molecule has 2 aliphatic carbocycles. The molecule has 3 heterocycles. The number of carbonyl (C=O) groups is 2. The molecule has 1 saturated heterocycles. The van der Waals surface area contributed by atoms with Gasteiger partial charge in [0.05, 0.1) is 13.2 Å². The second-order valence-corrected chi connectivity index (χ2v) is 10.2. The Morgan fingerprint density at radius 2 is 2.06 bits per heavy atom. The van der Waals surface area contributed by atoms with E-state index in [4.69, 9.17) is 14.3 Å². The fourth-order valence-corrected chi connectivity index (χ4v) is 7.06. The molecule has 5 rings (SSSR count). The average molecular weight is 460 g/mol. The molecule has 3 aliphatic heterocycles. The predicted molar refractivity (Wildman–Crippen MR) is 119 cm³/mol. The van der Waals surface area contributed by atoms with Crippen molar-refractivity contribution in [2.75, 3.05) is 14.2 Å². The highest BCUT2D eigenvalue weighted by atomic mass is 16.7. The van der Waals surface area contributed by atoms with Gasteiger partial charge in [-0.25, -0.2) is 9.86 Å². The maximum Gasteiger partial charge on any atom is 0.410 e. The third kappa shape index (κ3) is 3.08. The number of hydrogen-bond acceptors (Lipinski definition) is 6. The summed E-state index contributed by atoms with van der Waals surface area (Å²) in [5.41, 5.74) is 0.526. The zero-order valence-electron chi connectivity index (χ0n) is 19.7. The summed E-state index contributed by atoms with van der Waals surface area (Å²) in [6, 6.07) is -0.831. The van der Waals surface area contributed by atoms with Crippen molar-refractivity contribution in [3.05, 3.63) is 23.1 Å². The molecule has 0 aromatic rings. The number of methoxy groups -OCH3 is 1. The first-order valence-electron chi connectivity index (χ1n) is 11.8. The Hall–Kier alpha value is -2.39. The number of hydrogen-bond donors (Lipinski definition) is 1. The maximum absolute atomic E-state index is 13.3. The van der Waals surface area contributed by atoms with Gasteiger partial charge in [0.25, 0.3) is 5.91 Å². The summed E-state index contributed by atoms with van der Waals surface area (Å²) < 4.78 is 12.3. The van der Waals surface area contributed by atoms with E-state index in [0.717, 1.165) is 37.0 Å². The molecule has 0 bridgehead atoms. The summed E-state index contributed by atoms with van der Waals surface area (Å²) >= 11 is 0. The Morgan fingerprint density at radius 3 is 2.73 bits per heavy atom. The van der Waals surface area contributed by atoms with Crippen molar-refractivity contribution < 1.29 is 29.0 Å². The van der Waals surface area contributed by atoms with Gasteiger partial charge in [-0.2, -0.15) is 0 Å². The van der Waals surface area contributed by atoms with Gasteiger partial charge in [0.2, 0.25) is 5.72 Å². The Balaban J connectivity index is 1.55. The Bertz CT molecular complexity index is 960. The number of carboxylic acid groups (broad SMARTS) is 1. The van der Waals surface area contributed by atoms with Crippen molar-refractivity contribution in [1.29, 1.82) is 0 Å². The molecule has 6 atom stereocenters. The lowest BCUT2D eigenvalue weighted by Gasteiger charge is -2.44. The van der Waals surface area contributed by atoms with Gasteiger partial charge in [0, 0.05) is 49.4 Å². The second kappa shape index (κ2) is 7.84. The van der Waals surface area contributed by atoms with Crippen LogP contribution in [0.2, 0.25) is 0 Å². The molecule has 0 radical (unpaired) electrons. The maximum atomic E-state index is 13.3. The molecule has 4 unspecified atom stereocenters. The van der Waals surface area contributed by atoms with Gasteiger partial charge in [-0.05, 0) is 50.5 Å². The van der Waals surface area contributed by atoms with Gasteiger partial charge in [-0.1, -0.05) is 6.92 Å². The van der Waals surface area contributed by atoms with Crippen LogP contribution < -0.4 is 0 Å².